The van der Waals surface area contributed by atoms with Crippen LogP contribution >= 0.6 is 0 Å². The second kappa shape index (κ2) is 10.8. The van der Waals surface area contributed by atoms with Crippen molar-refractivity contribution in [3.8, 4) is 0 Å². The zero-order chi connectivity index (χ0) is 24.8. The summed E-state index contributed by atoms with van der Waals surface area (Å²) in [6.45, 7) is 0.117. The van der Waals surface area contributed by atoms with Crippen molar-refractivity contribution in [1.29, 1.82) is 0 Å². The van der Waals surface area contributed by atoms with Crippen molar-refractivity contribution in [2.75, 3.05) is 13.1 Å². The molecule has 12 nitrogen and oxygen atoms in total. The molecule has 2 aromatic rings. The van der Waals surface area contributed by atoms with Crippen LogP contribution in [0, 0.1) is 0 Å². The van der Waals surface area contributed by atoms with Crippen LogP contribution < -0.4 is 16.4 Å². The number of para-hydroxylation sites is 1. The number of carboxylic acid groups (broad SMARTS) is 2. The smallest absolute Gasteiger partial charge is 0.326 e. The van der Waals surface area contributed by atoms with E-state index in [1.807, 2.05) is 24.3 Å². The third-order valence-electron chi connectivity index (χ3n) is 5.78. The molecule has 3 rings (SSSR count). The van der Waals surface area contributed by atoms with Crippen molar-refractivity contribution in [2.24, 2.45) is 5.73 Å². The largest absolute Gasteiger partial charge is 0.481 e. The zero-order valence-corrected chi connectivity index (χ0v) is 18.3. The Kier molecular flexibility index (Phi) is 7.84. The monoisotopic (exact) mass is 473 g/mol. The molecule has 1 aliphatic rings. The molecule has 1 aliphatic heterocycles. The van der Waals surface area contributed by atoms with Gasteiger partial charge in [0, 0.05) is 30.1 Å². The van der Waals surface area contributed by atoms with Gasteiger partial charge in [0.2, 0.25) is 17.7 Å². The number of likely N-dealkylation sites (tertiary alicyclic amines) is 1. The van der Waals surface area contributed by atoms with Crippen LogP contribution in [0.5, 0.6) is 0 Å². The Morgan fingerprint density at radius 1 is 1.12 bits per heavy atom. The number of carbonyl (C=O) groups is 5. The number of amides is 3. The number of aliphatic carboxylic acids is 2. The van der Waals surface area contributed by atoms with Gasteiger partial charge >= 0.3 is 11.9 Å². The van der Waals surface area contributed by atoms with Gasteiger partial charge in [-0.1, -0.05) is 18.2 Å². The third-order valence-corrected chi connectivity index (χ3v) is 5.78. The topological polar surface area (TPSA) is 195 Å². The average Bonchev–Trinajstić information content (AvgIpc) is 3.45. The number of aromatic nitrogens is 1. The van der Waals surface area contributed by atoms with E-state index in [1.54, 1.807) is 6.20 Å². The molecule has 0 bridgehead atoms. The fraction of sp³-hybridized carbons (Fsp3) is 0.409. The normalized spacial score (nSPS) is 17.2. The van der Waals surface area contributed by atoms with Crippen molar-refractivity contribution >= 4 is 40.6 Å². The van der Waals surface area contributed by atoms with E-state index in [-0.39, 0.29) is 18.9 Å². The molecule has 0 spiro atoms. The van der Waals surface area contributed by atoms with E-state index in [1.165, 1.54) is 4.90 Å². The number of H-pyrrole nitrogens is 1. The highest BCUT2D eigenvalue weighted by molar-refractivity contribution is 5.95. The summed E-state index contributed by atoms with van der Waals surface area (Å²) in [5, 5.41) is 23.9. The number of nitrogens with zero attached hydrogens (tertiary/aromatic N) is 1. The van der Waals surface area contributed by atoms with Crippen molar-refractivity contribution in [1.82, 2.24) is 20.5 Å². The maximum Gasteiger partial charge on any atom is 0.326 e. The van der Waals surface area contributed by atoms with Crippen LogP contribution in [0.4, 0.5) is 0 Å². The van der Waals surface area contributed by atoms with Crippen LogP contribution in [0.15, 0.2) is 30.5 Å². The first-order chi connectivity index (χ1) is 16.2. The Bertz CT molecular complexity index is 1100. The molecule has 0 saturated carbocycles. The lowest BCUT2D eigenvalue weighted by molar-refractivity contribution is -0.147. The van der Waals surface area contributed by atoms with Gasteiger partial charge in [0.1, 0.15) is 18.1 Å². The van der Waals surface area contributed by atoms with Crippen LogP contribution in [-0.2, 0) is 30.4 Å². The Morgan fingerprint density at radius 3 is 2.53 bits per heavy atom. The number of hydrogen-bond acceptors (Lipinski definition) is 6. The molecule has 3 atom stereocenters. The summed E-state index contributed by atoms with van der Waals surface area (Å²) in [6.07, 6.45) is 1.87. The van der Waals surface area contributed by atoms with E-state index >= 15 is 0 Å². The van der Waals surface area contributed by atoms with E-state index in [0.29, 0.717) is 24.9 Å². The SMILES string of the molecule is NCC(=O)N1CCCC1C(=O)NC(Cc1c[nH]c2ccccc12)C(=O)NC(CC(=O)O)C(=O)O. The number of rotatable bonds is 10. The molecule has 0 aliphatic carbocycles. The Balaban J connectivity index is 1.84. The van der Waals surface area contributed by atoms with Gasteiger partial charge in [-0.05, 0) is 24.5 Å². The second-order valence-electron chi connectivity index (χ2n) is 8.07. The van der Waals surface area contributed by atoms with Crippen LogP contribution in [0.2, 0.25) is 0 Å². The molecular weight excluding hydrogens is 446 g/mol. The zero-order valence-electron chi connectivity index (χ0n) is 18.3. The Morgan fingerprint density at radius 2 is 1.85 bits per heavy atom. The lowest BCUT2D eigenvalue weighted by Gasteiger charge is -2.26. The molecule has 3 amide bonds. The molecule has 1 saturated heterocycles. The number of carboxylic acids is 2. The summed E-state index contributed by atoms with van der Waals surface area (Å²) in [7, 11) is 0. The number of aromatic amines is 1. The molecule has 2 heterocycles. The van der Waals surface area contributed by atoms with Crippen LogP contribution in [0.1, 0.15) is 24.8 Å². The number of carbonyl (C=O) groups excluding carboxylic acids is 3. The van der Waals surface area contributed by atoms with Gasteiger partial charge in [-0.25, -0.2) is 4.79 Å². The lowest BCUT2D eigenvalue weighted by Crippen LogP contribution is -2.56. The van der Waals surface area contributed by atoms with Gasteiger partial charge in [0.05, 0.1) is 13.0 Å². The fourth-order valence-corrected chi connectivity index (χ4v) is 4.10. The van der Waals surface area contributed by atoms with Gasteiger partial charge in [-0.15, -0.1) is 0 Å². The van der Waals surface area contributed by atoms with E-state index in [9.17, 15) is 29.1 Å². The quantitative estimate of drug-likeness (QED) is 0.258. The molecule has 34 heavy (non-hydrogen) atoms. The summed E-state index contributed by atoms with van der Waals surface area (Å²) in [5.74, 6) is -4.70. The summed E-state index contributed by atoms with van der Waals surface area (Å²) in [4.78, 5) is 65.0. The van der Waals surface area contributed by atoms with Crippen molar-refractivity contribution in [2.45, 2.75) is 43.8 Å². The van der Waals surface area contributed by atoms with Crippen LogP contribution in [0.3, 0.4) is 0 Å². The first kappa shape index (κ1) is 24.7. The van der Waals surface area contributed by atoms with E-state index in [4.69, 9.17) is 10.8 Å². The maximum atomic E-state index is 13.0. The Hall–Kier alpha value is -3.93. The third kappa shape index (κ3) is 5.70. The molecule has 1 aromatic heterocycles. The second-order valence-corrected chi connectivity index (χ2v) is 8.07. The number of hydrogen-bond donors (Lipinski definition) is 6. The first-order valence-electron chi connectivity index (χ1n) is 10.8. The number of nitrogens with two attached hydrogens (primary N) is 1. The molecule has 3 unspecified atom stereocenters. The Labute approximate surface area is 194 Å². The van der Waals surface area contributed by atoms with Gasteiger partial charge in [-0.3, -0.25) is 19.2 Å². The molecular formula is C22H27N5O7. The minimum atomic E-state index is -1.67. The number of nitrogens with one attached hydrogen (secondary N) is 3. The average molecular weight is 473 g/mol. The van der Waals surface area contributed by atoms with E-state index in [2.05, 4.69) is 15.6 Å². The number of benzene rings is 1. The predicted octanol–water partition coefficient (Wildman–Crippen LogP) is -0.811. The lowest BCUT2D eigenvalue weighted by atomic mass is 10.0. The summed E-state index contributed by atoms with van der Waals surface area (Å²) in [6, 6.07) is 3.64. The van der Waals surface area contributed by atoms with Gasteiger partial charge in [0.15, 0.2) is 0 Å². The first-order valence-corrected chi connectivity index (χ1v) is 10.8. The van der Waals surface area contributed by atoms with Crippen molar-refractivity contribution < 1.29 is 34.2 Å². The highest BCUT2D eigenvalue weighted by Gasteiger charge is 2.36. The molecule has 7 N–H and O–H groups in total. The van der Waals surface area contributed by atoms with Crippen LogP contribution in [0.25, 0.3) is 10.9 Å². The molecule has 12 heteroatoms. The van der Waals surface area contributed by atoms with Gasteiger partial charge in [0.25, 0.3) is 0 Å². The predicted molar refractivity (Wildman–Crippen MR) is 120 cm³/mol. The highest BCUT2D eigenvalue weighted by atomic mass is 16.4. The van der Waals surface area contributed by atoms with E-state index in [0.717, 1.165) is 10.9 Å². The highest BCUT2D eigenvalue weighted by Crippen LogP contribution is 2.21. The molecule has 0 radical (unpaired) electrons. The standard InChI is InChI=1S/C22H27N5O7/c23-10-18(28)27-7-3-6-17(27)21(32)25-15(20(31)26-16(22(33)34)9-19(29)30)8-12-11-24-14-5-2-1-4-13(12)14/h1-2,4-5,11,15-17,24H,3,6-10,23H2,(H,25,32)(H,26,31)(H,29,30)(H,33,34). The maximum absolute atomic E-state index is 13.0. The van der Waals surface area contributed by atoms with Gasteiger partial charge < -0.3 is 36.5 Å². The number of fused-ring (bicyclic) bond motifs is 1. The molecule has 1 aromatic carbocycles. The van der Waals surface area contributed by atoms with Crippen molar-refractivity contribution in [3.05, 3.63) is 36.0 Å². The minimum Gasteiger partial charge on any atom is -0.481 e. The van der Waals surface area contributed by atoms with E-state index < -0.39 is 48.3 Å². The summed E-state index contributed by atoms with van der Waals surface area (Å²) < 4.78 is 0. The fourth-order valence-electron chi connectivity index (χ4n) is 4.10. The van der Waals surface area contributed by atoms with Gasteiger partial charge in [-0.2, -0.15) is 0 Å². The molecule has 1 fully saturated rings. The summed E-state index contributed by atoms with van der Waals surface area (Å²) >= 11 is 0. The van der Waals surface area contributed by atoms with Crippen LogP contribution in [-0.4, -0.2) is 81.0 Å². The molecule has 182 valence electrons. The summed E-state index contributed by atoms with van der Waals surface area (Å²) in [5.41, 5.74) is 6.95. The minimum absolute atomic E-state index is 0.0125. The van der Waals surface area contributed by atoms with Crippen molar-refractivity contribution in [3.63, 3.8) is 0 Å².